The van der Waals surface area contributed by atoms with Crippen molar-refractivity contribution in [3.8, 4) is 0 Å². The van der Waals surface area contributed by atoms with E-state index in [4.69, 9.17) is 0 Å². The zero-order valence-corrected chi connectivity index (χ0v) is 23.8. The van der Waals surface area contributed by atoms with E-state index in [1.165, 1.54) is 58.0 Å². The smallest absolute Gasteiger partial charge is 0.237 e. The first-order valence-corrected chi connectivity index (χ1v) is 17.3. The Kier molecular flexibility index (Phi) is 7.42. The second-order valence-electron chi connectivity index (χ2n) is 11.3. The number of hydrogen-bond donors (Lipinski definition) is 1. The van der Waals surface area contributed by atoms with Crippen LogP contribution in [-0.4, -0.2) is 54.8 Å². The number of thioether (sulfide) groups is 1. The van der Waals surface area contributed by atoms with Gasteiger partial charge in [0.1, 0.15) is 0 Å². The summed E-state index contributed by atoms with van der Waals surface area (Å²) >= 11 is 3.37. The van der Waals surface area contributed by atoms with Gasteiger partial charge in [0.15, 0.2) is 15.0 Å². The highest BCUT2D eigenvalue weighted by atomic mass is 32.2. The van der Waals surface area contributed by atoms with E-state index >= 15 is 0 Å². The van der Waals surface area contributed by atoms with E-state index in [1.54, 1.807) is 23.5 Å². The Morgan fingerprint density at radius 2 is 1.78 bits per heavy atom. The van der Waals surface area contributed by atoms with Crippen LogP contribution in [0.2, 0.25) is 0 Å². The number of amides is 1. The molecule has 0 spiro atoms. The predicted molar refractivity (Wildman–Crippen MR) is 150 cm³/mol. The van der Waals surface area contributed by atoms with Crippen molar-refractivity contribution in [2.75, 3.05) is 30.7 Å². The number of thiazole rings is 1. The summed E-state index contributed by atoms with van der Waals surface area (Å²) in [5, 5.41) is 3.60. The quantitative estimate of drug-likeness (QED) is 0.374. The third-order valence-corrected chi connectivity index (χ3v) is 13.2. The predicted octanol–water partition coefficient (Wildman–Crippen LogP) is 5.74. The van der Waals surface area contributed by atoms with E-state index in [0.29, 0.717) is 21.9 Å². The third-order valence-electron chi connectivity index (χ3n) is 8.86. The molecular formula is C28H37N3O3S3. The zero-order chi connectivity index (χ0) is 25.5. The first kappa shape index (κ1) is 25.8. The molecule has 0 bridgehead atoms. The Morgan fingerprint density at radius 3 is 2.49 bits per heavy atom. The van der Waals surface area contributed by atoms with Gasteiger partial charge in [-0.05, 0) is 74.7 Å². The summed E-state index contributed by atoms with van der Waals surface area (Å²) in [6.07, 6.45) is 13.0. The van der Waals surface area contributed by atoms with Crippen LogP contribution in [0.4, 0.5) is 5.13 Å². The molecule has 3 aliphatic carbocycles. The maximum absolute atomic E-state index is 13.9. The lowest BCUT2D eigenvalue weighted by Crippen LogP contribution is -2.32. The second-order valence-corrected chi connectivity index (χ2v) is 15.9. The highest BCUT2D eigenvalue weighted by molar-refractivity contribution is 8.01. The Labute approximate surface area is 228 Å². The largest absolute Gasteiger partial charge is 0.303 e. The van der Waals surface area contributed by atoms with E-state index in [2.05, 4.69) is 15.2 Å². The van der Waals surface area contributed by atoms with Crippen LogP contribution in [0.25, 0.3) is 0 Å². The molecule has 2 heterocycles. The maximum Gasteiger partial charge on any atom is 0.237 e. The SMILES string of the molecule is O=C(Nc1ncc(SCCN2CCCC2)s1)[C@@]1(c2ccc(S(=O)(=O)C3CC3)cc2)C[C@H]1C1CCCCC1. The van der Waals surface area contributed by atoms with Crippen molar-refractivity contribution in [3.05, 3.63) is 36.0 Å². The van der Waals surface area contributed by atoms with Crippen LogP contribution in [-0.2, 0) is 20.0 Å². The number of carbonyl (C=O) groups is 1. The van der Waals surface area contributed by atoms with Crippen LogP contribution in [0.5, 0.6) is 0 Å². The highest BCUT2D eigenvalue weighted by Gasteiger charge is 2.63. The van der Waals surface area contributed by atoms with Gasteiger partial charge in [0.05, 0.1) is 26.0 Å². The number of likely N-dealkylation sites (tertiary alicyclic amines) is 1. The first-order valence-electron chi connectivity index (χ1n) is 13.9. The summed E-state index contributed by atoms with van der Waals surface area (Å²) in [6, 6.07) is 7.26. The topological polar surface area (TPSA) is 79.4 Å². The van der Waals surface area contributed by atoms with Gasteiger partial charge in [-0.1, -0.05) is 55.6 Å². The summed E-state index contributed by atoms with van der Waals surface area (Å²) in [6.45, 7) is 3.52. The molecule has 1 amide bonds. The molecule has 4 fully saturated rings. The van der Waals surface area contributed by atoms with Crippen LogP contribution >= 0.6 is 23.1 Å². The lowest BCUT2D eigenvalue weighted by Gasteiger charge is -2.25. The molecule has 2 atom stereocenters. The van der Waals surface area contributed by atoms with E-state index < -0.39 is 15.3 Å². The number of sulfone groups is 1. The number of carbonyl (C=O) groups excluding carboxylic acids is 1. The molecule has 9 heteroatoms. The fraction of sp³-hybridized carbons (Fsp3) is 0.643. The molecular weight excluding hydrogens is 523 g/mol. The van der Waals surface area contributed by atoms with Gasteiger partial charge in [-0.25, -0.2) is 13.4 Å². The molecule has 1 aliphatic heterocycles. The first-order chi connectivity index (χ1) is 18.0. The molecule has 3 saturated carbocycles. The minimum Gasteiger partial charge on any atom is -0.303 e. The van der Waals surface area contributed by atoms with Crippen LogP contribution in [0.3, 0.4) is 0 Å². The van der Waals surface area contributed by atoms with E-state index in [9.17, 15) is 13.2 Å². The maximum atomic E-state index is 13.9. The van der Waals surface area contributed by atoms with Gasteiger partial charge in [0.2, 0.25) is 5.91 Å². The van der Waals surface area contributed by atoms with Gasteiger partial charge in [-0.15, -0.1) is 11.8 Å². The van der Waals surface area contributed by atoms with Crippen molar-refractivity contribution in [2.24, 2.45) is 11.8 Å². The number of benzene rings is 1. The fourth-order valence-electron chi connectivity index (χ4n) is 6.50. The molecule has 1 N–H and O–H groups in total. The number of rotatable bonds is 10. The number of nitrogens with zero attached hydrogens (tertiary/aromatic N) is 2. The van der Waals surface area contributed by atoms with Gasteiger partial charge in [0.25, 0.3) is 0 Å². The molecule has 1 aromatic heterocycles. The highest BCUT2D eigenvalue weighted by Crippen LogP contribution is 2.61. The van der Waals surface area contributed by atoms with Crippen LogP contribution in [0.1, 0.15) is 69.8 Å². The minimum absolute atomic E-state index is 0.0174. The lowest BCUT2D eigenvalue weighted by molar-refractivity contribution is -0.119. The number of anilines is 1. The average molecular weight is 560 g/mol. The summed E-state index contributed by atoms with van der Waals surface area (Å²) in [5.74, 6) is 1.93. The van der Waals surface area contributed by atoms with Crippen molar-refractivity contribution in [1.82, 2.24) is 9.88 Å². The molecule has 1 saturated heterocycles. The second kappa shape index (κ2) is 10.6. The Morgan fingerprint density at radius 1 is 1.05 bits per heavy atom. The van der Waals surface area contributed by atoms with E-state index in [-0.39, 0.29) is 11.2 Å². The van der Waals surface area contributed by atoms with E-state index in [0.717, 1.165) is 41.3 Å². The average Bonchev–Trinajstić information content (AvgIpc) is 3.81. The van der Waals surface area contributed by atoms with Crippen molar-refractivity contribution in [3.63, 3.8) is 0 Å². The number of aromatic nitrogens is 1. The normalized spacial score (nSPS) is 26.9. The summed E-state index contributed by atoms with van der Waals surface area (Å²) in [7, 11) is -3.24. The van der Waals surface area contributed by atoms with Crippen molar-refractivity contribution in [2.45, 2.75) is 84.0 Å². The van der Waals surface area contributed by atoms with Gasteiger partial charge in [-0.2, -0.15) is 0 Å². The molecule has 200 valence electrons. The van der Waals surface area contributed by atoms with Gasteiger partial charge in [-0.3, -0.25) is 4.79 Å². The van der Waals surface area contributed by atoms with Crippen LogP contribution < -0.4 is 5.32 Å². The third kappa shape index (κ3) is 5.38. The summed E-state index contributed by atoms with van der Waals surface area (Å²) in [4.78, 5) is 21.3. The van der Waals surface area contributed by atoms with Gasteiger partial charge in [0, 0.05) is 12.3 Å². The molecule has 2 aromatic rings. The molecule has 4 aliphatic rings. The molecule has 6 nitrogen and oxygen atoms in total. The lowest BCUT2D eigenvalue weighted by atomic mass is 9.80. The van der Waals surface area contributed by atoms with Crippen molar-refractivity contribution >= 4 is 44.0 Å². The summed E-state index contributed by atoms with van der Waals surface area (Å²) < 4.78 is 26.6. The Hall–Kier alpha value is -1.42. The standard InChI is InChI=1S/C28H37N3O3S3/c32-26(30-27-29-19-25(36-27)35-17-16-31-14-4-5-15-31)28(18-24(28)20-6-2-1-3-7-20)21-8-10-22(11-9-21)37(33,34)23-12-13-23/h8-11,19-20,23-24H,1-7,12-18H2,(H,29,30,32)/t24-,28+/m0/s1. The molecule has 37 heavy (non-hydrogen) atoms. The number of hydrogen-bond acceptors (Lipinski definition) is 7. The molecule has 0 radical (unpaired) electrons. The van der Waals surface area contributed by atoms with Gasteiger partial charge < -0.3 is 10.2 Å². The molecule has 6 rings (SSSR count). The van der Waals surface area contributed by atoms with E-state index in [1.807, 2.05) is 30.1 Å². The monoisotopic (exact) mass is 559 g/mol. The zero-order valence-electron chi connectivity index (χ0n) is 21.4. The van der Waals surface area contributed by atoms with Gasteiger partial charge >= 0.3 is 0 Å². The van der Waals surface area contributed by atoms with Crippen LogP contribution in [0, 0.1) is 11.8 Å². The fourth-order valence-corrected chi connectivity index (χ4v) is 10.1. The van der Waals surface area contributed by atoms with Crippen molar-refractivity contribution in [1.29, 1.82) is 0 Å². The minimum atomic E-state index is -3.24. The Balaban J connectivity index is 1.17. The summed E-state index contributed by atoms with van der Waals surface area (Å²) in [5.41, 5.74) is 0.366. The van der Waals surface area contributed by atoms with Crippen LogP contribution in [0.15, 0.2) is 39.6 Å². The number of nitrogens with one attached hydrogen (secondary N) is 1. The van der Waals surface area contributed by atoms with Crippen molar-refractivity contribution < 1.29 is 13.2 Å². The molecule has 1 aromatic carbocycles. The molecule has 0 unspecified atom stereocenters. The Bertz CT molecular complexity index is 1210.